The van der Waals surface area contributed by atoms with Gasteiger partial charge in [0.15, 0.2) is 23.3 Å². The second kappa shape index (κ2) is 9.55. The van der Waals surface area contributed by atoms with Crippen LogP contribution in [0.3, 0.4) is 0 Å². The average Bonchev–Trinajstić information content (AvgIpc) is 2.90. The van der Waals surface area contributed by atoms with Gasteiger partial charge in [0, 0.05) is 10.8 Å². The molecule has 10 heteroatoms. The molecular formula is C28H12F6O4. The van der Waals surface area contributed by atoms with Crippen LogP contribution in [0.1, 0.15) is 20.7 Å². The van der Waals surface area contributed by atoms with E-state index in [1.807, 2.05) is 0 Å². The first-order valence-electron chi connectivity index (χ1n) is 10.8. The van der Waals surface area contributed by atoms with Crippen LogP contribution in [0, 0.1) is 34.9 Å². The maximum absolute atomic E-state index is 15.7. The monoisotopic (exact) mass is 526 g/mol. The van der Waals surface area contributed by atoms with Gasteiger partial charge >= 0.3 is 11.9 Å². The topological polar surface area (TPSA) is 52.6 Å². The van der Waals surface area contributed by atoms with Crippen molar-refractivity contribution in [3.8, 4) is 11.5 Å². The first-order chi connectivity index (χ1) is 18.2. The predicted octanol–water partition coefficient (Wildman–Crippen LogP) is 7.27. The van der Waals surface area contributed by atoms with Crippen molar-refractivity contribution in [2.45, 2.75) is 0 Å². The Morgan fingerprint density at radius 2 is 0.895 bits per heavy atom. The van der Waals surface area contributed by atoms with E-state index in [1.165, 1.54) is 36.4 Å². The van der Waals surface area contributed by atoms with E-state index in [0.717, 1.165) is 12.1 Å². The van der Waals surface area contributed by atoms with Crippen LogP contribution in [0.5, 0.6) is 11.5 Å². The Labute approximate surface area is 209 Å². The fourth-order valence-electron chi connectivity index (χ4n) is 3.88. The number of ether oxygens (including phenoxy) is 2. The number of hydrogen-bond acceptors (Lipinski definition) is 4. The Kier molecular flexibility index (Phi) is 6.23. The average molecular weight is 526 g/mol. The lowest BCUT2D eigenvalue weighted by Gasteiger charge is -2.14. The fraction of sp³-hybridized carbons (Fsp3) is 0. The number of carbonyl (C=O) groups is 2. The summed E-state index contributed by atoms with van der Waals surface area (Å²) in [5.41, 5.74) is -0.733. The summed E-state index contributed by atoms with van der Waals surface area (Å²) < 4.78 is 95.3. The third kappa shape index (κ3) is 4.30. The Hall–Kier alpha value is -4.86. The highest BCUT2D eigenvalue weighted by molar-refractivity contribution is 6.06. The first kappa shape index (κ1) is 24.8. The van der Waals surface area contributed by atoms with Gasteiger partial charge in [0.25, 0.3) is 0 Å². The molecule has 0 unspecified atom stereocenters. The number of fused-ring (bicyclic) bond motifs is 2. The molecule has 0 aliphatic rings. The van der Waals surface area contributed by atoms with Crippen molar-refractivity contribution >= 4 is 33.5 Å². The molecule has 38 heavy (non-hydrogen) atoms. The molecule has 5 rings (SSSR count). The summed E-state index contributed by atoms with van der Waals surface area (Å²) in [6.07, 6.45) is 0. The maximum atomic E-state index is 15.7. The van der Waals surface area contributed by atoms with E-state index in [9.17, 15) is 27.2 Å². The van der Waals surface area contributed by atoms with Crippen LogP contribution in [0.4, 0.5) is 26.3 Å². The predicted molar refractivity (Wildman–Crippen MR) is 124 cm³/mol. The molecule has 0 radical (unpaired) electrons. The summed E-state index contributed by atoms with van der Waals surface area (Å²) >= 11 is 0. The lowest BCUT2D eigenvalue weighted by atomic mass is 10.0. The Morgan fingerprint density at radius 1 is 0.500 bits per heavy atom. The van der Waals surface area contributed by atoms with Crippen molar-refractivity contribution < 1.29 is 45.4 Å². The molecule has 5 aromatic rings. The normalized spacial score (nSPS) is 11.1. The number of halogens is 6. The van der Waals surface area contributed by atoms with Gasteiger partial charge < -0.3 is 9.47 Å². The van der Waals surface area contributed by atoms with E-state index >= 15 is 8.78 Å². The molecule has 190 valence electrons. The van der Waals surface area contributed by atoms with Gasteiger partial charge in [0.05, 0.1) is 21.9 Å². The molecule has 0 fully saturated rings. The number of esters is 2. The standard InChI is InChI=1S/C28H12F6O4/c29-17-9-7-13(11-19(17)31)27(35)37-21-5-1-3-15-23(21)26(34)16-4-2-6-22(24(16)25(15)33)38-28(36)14-8-10-18(30)20(32)12-14/h1-12H. The Morgan fingerprint density at radius 3 is 1.26 bits per heavy atom. The molecule has 0 atom stereocenters. The molecule has 0 saturated carbocycles. The van der Waals surface area contributed by atoms with E-state index in [1.54, 1.807) is 0 Å². The van der Waals surface area contributed by atoms with Gasteiger partial charge in [-0.15, -0.1) is 0 Å². The summed E-state index contributed by atoms with van der Waals surface area (Å²) in [6.45, 7) is 0. The van der Waals surface area contributed by atoms with Gasteiger partial charge in [-0.3, -0.25) is 0 Å². The van der Waals surface area contributed by atoms with Crippen molar-refractivity contribution in [2.75, 3.05) is 0 Å². The number of rotatable bonds is 4. The third-order valence-electron chi connectivity index (χ3n) is 5.68. The van der Waals surface area contributed by atoms with Gasteiger partial charge in [-0.2, -0.15) is 0 Å². The fourth-order valence-corrected chi connectivity index (χ4v) is 3.88. The third-order valence-corrected chi connectivity index (χ3v) is 5.68. The molecule has 0 aliphatic heterocycles. The van der Waals surface area contributed by atoms with E-state index in [4.69, 9.17) is 9.47 Å². The second-order valence-corrected chi connectivity index (χ2v) is 8.02. The minimum Gasteiger partial charge on any atom is -0.422 e. The second-order valence-electron chi connectivity index (χ2n) is 8.02. The molecule has 0 heterocycles. The van der Waals surface area contributed by atoms with Crippen LogP contribution in [0.25, 0.3) is 21.5 Å². The summed E-state index contributed by atoms with van der Waals surface area (Å²) in [4.78, 5) is 25.0. The molecule has 0 saturated heterocycles. The van der Waals surface area contributed by atoms with Crippen LogP contribution >= 0.6 is 0 Å². The summed E-state index contributed by atoms with van der Waals surface area (Å²) in [6, 6.07) is 11.8. The van der Waals surface area contributed by atoms with Crippen LogP contribution < -0.4 is 9.47 Å². The highest BCUT2D eigenvalue weighted by Crippen LogP contribution is 2.40. The summed E-state index contributed by atoms with van der Waals surface area (Å²) in [7, 11) is 0. The minimum absolute atomic E-state index is 0.345. The van der Waals surface area contributed by atoms with E-state index < -0.39 is 69.1 Å². The van der Waals surface area contributed by atoms with Crippen molar-refractivity contribution in [3.63, 3.8) is 0 Å². The van der Waals surface area contributed by atoms with E-state index in [2.05, 4.69) is 0 Å². The number of hydrogen-bond donors (Lipinski definition) is 0. The Bertz CT molecular complexity index is 1650. The van der Waals surface area contributed by atoms with Gasteiger partial charge in [-0.05, 0) is 48.5 Å². The highest BCUT2D eigenvalue weighted by atomic mass is 19.2. The van der Waals surface area contributed by atoms with E-state index in [-0.39, 0.29) is 21.9 Å². The molecule has 5 aromatic carbocycles. The smallest absolute Gasteiger partial charge is 0.343 e. The van der Waals surface area contributed by atoms with Crippen LogP contribution in [-0.2, 0) is 0 Å². The lowest BCUT2D eigenvalue weighted by molar-refractivity contribution is 0.0726. The largest absolute Gasteiger partial charge is 0.422 e. The van der Waals surface area contributed by atoms with Crippen molar-refractivity contribution in [1.82, 2.24) is 0 Å². The van der Waals surface area contributed by atoms with Gasteiger partial charge in [-0.1, -0.05) is 24.3 Å². The van der Waals surface area contributed by atoms with E-state index in [0.29, 0.717) is 24.3 Å². The zero-order valence-electron chi connectivity index (χ0n) is 18.8. The minimum atomic E-state index is -1.30. The van der Waals surface area contributed by atoms with Crippen LogP contribution in [0.2, 0.25) is 0 Å². The molecule has 0 aliphatic carbocycles. The van der Waals surface area contributed by atoms with Gasteiger partial charge in [0.1, 0.15) is 23.1 Å². The van der Waals surface area contributed by atoms with Gasteiger partial charge in [0.2, 0.25) is 0 Å². The van der Waals surface area contributed by atoms with Gasteiger partial charge in [-0.25, -0.2) is 35.9 Å². The number of benzene rings is 5. The summed E-state index contributed by atoms with van der Waals surface area (Å²) in [5.74, 6) is -10.1. The van der Waals surface area contributed by atoms with Crippen LogP contribution in [-0.4, -0.2) is 11.9 Å². The molecule has 0 bridgehead atoms. The summed E-state index contributed by atoms with van der Waals surface area (Å²) in [5, 5.41) is -1.56. The van der Waals surface area contributed by atoms with Crippen molar-refractivity contribution in [1.29, 1.82) is 0 Å². The lowest BCUT2D eigenvalue weighted by Crippen LogP contribution is -2.11. The zero-order chi connectivity index (χ0) is 27.1. The van der Waals surface area contributed by atoms with Crippen molar-refractivity contribution in [3.05, 3.63) is 119 Å². The van der Waals surface area contributed by atoms with Crippen molar-refractivity contribution in [2.24, 2.45) is 0 Å². The quantitative estimate of drug-likeness (QED) is 0.107. The molecule has 0 amide bonds. The zero-order valence-corrected chi connectivity index (χ0v) is 18.8. The molecule has 0 spiro atoms. The number of carbonyl (C=O) groups excluding carboxylic acids is 2. The Balaban J connectivity index is 1.59. The molecule has 0 N–H and O–H groups in total. The highest BCUT2D eigenvalue weighted by Gasteiger charge is 2.23. The SMILES string of the molecule is O=C(Oc1cccc2c(F)c3c(OC(=O)c4ccc(F)c(F)c4)cccc3c(F)c12)c1ccc(F)c(F)c1. The first-order valence-corrected chi connectivity index (χ1v) is 10.8. The molecule has 4 nitrogen and oxygen atoms in total. The van der Waals surface area contributed by atoms with Crippen LogP contribution in [0.15, 0.2) is 72.8 Å². The molecule has 0 aromatic heterocycles. The maximum Gasteiger partial charge on any atom is 0.343 e. The molecular weight excluding hydrogens is 514 g/mol.